The van der Waals surface area contributed by atoms with Gasteiger partial charge in [0.2, 0.25) is 5.91 Å². The van der Waals surface area contributed by atoms with E-state index < -0.39 is 0 Å². The second kappa shape index (κ2) is 3.26. The molecule has 0 radical (unpaired) electrons. The molecule has 0 aromatic carbocycles. The summed E-state index contributed by atoms with van der Waals surface area (Å²) in [6.45, 7) is 1.87. The highest BCUT2D eigenvalue weighted by atomic mass is 79.9. The summed E-state index contributed by atoms with van der Waals surface area (Å²) in [6.07, 6.45) is 0.220. The molecular weight excluding hydrogens is 222 g/mol. The highest BCUT2D eigenvalue weighted by Crippen LogP contribution is 2.20. The Kier molecular flexibility index (Phi) is 2.52. The third-order valence-electron chi connectivity index (χ3n) is 1.60. The second-order valence-electron chi connectivity index (χ2n) is 2.61. The van der Waals surface area contributed by atoms with E-state index in [0.29, 0.717) is 0 Å². The molecule has 0 aliphatic heterocycles. The van der Waals surface area contributed by atoms with E-state index in [4.69, 9.17) is 5.73 Å². The topological polar surface area (TPSA) is 60.9 Å². The minimum absolute atomic E-state index is 0.220. The van der Waals surface area contributed by atoms with Crippen LogP contribution < -0.4 is 5.73 Å². The molecule has 0 saturated carbocycles. The predicted molar refractivity (Wildman–Crippen MR) is 48.5 cm³/mol. The van der Waals surface area contributed by atoms with Crippen LogP contribution in [0.1, 0.15) is 11.4 Å². The number of carbonyl (C=O) groups is 1. The Morgan fingerprint density at radius 2 is 2.33 bits per heavy atom. The van der Waals surface area contributed by atoms with Crippen molar-refractivity contribution in [3.8, 4) is 0 Å². The van der Waals surface area contributed by atoms with Gasteiger partial charge in [0, 0.05) is 7.05 Å². The number of primary amides is 1. The molecule has 12 heavy (non-hydrogen) atoms. The first-order valence-electron chi connectivity index (χ1n) is 3.48. The minimum Gasteiger partial charge on any atom is -0.369 e. The van der Waals surface area contributed by atoms with Crippen LogP contribution >= 0.6 is 15.9 Å². The molecule has 0 atom stereocenters. The molecule has 0 saturated heterocycles. The fourth-order valence-electron chi connectivity index (χ4n) is 1.04. The zero-order valence-corrected chi connectivity index (χ0v) is 8.55. The fourth-order valence-corrected chi connectivity index (χ4v) is 1.51. The lowest BCUT2D eigenvalue weighted by Crippen LogP contribution is -2.16. The van der Waals surface area contributed by atoms with Crippen molar-refractivity contribution in [1.29, 1.82) is 0 Å². The molecule has 0 aliphatic rings. The highest BCUT2D eigenvalue weighted by Gasteiger charge is 2.11. The van der Waals surface area contributed by atoms with E-state index in [1.165, 1.54) is 0 Å². The van der Waals surface area contributed by atoms with E-state index in [-0.39, 0.29) is 12.3 Å². The molecule has 0 fully saturated rings. The van der Waals surface area contributed by atoms with E-state index in [1.54, 1.807) is 11.7 Å². The molecule has 0 aliphatic carbocycles. The van der Waals surface area contributed by atoms with E-state index >= 15 is 0 Å². The summed E-state index contributed by atoms with van der Waals surface area (Å²) in [6, 6.07) is 0. The summed E-state index contributed by atoms with van der Waals surface area (Å²) in [4.78, 5) is 10.6. The van der Waals surface area contributed by atoms with Gasteiger partial charge in [0.1, 0.15) is 0 Å². The number of amides is 1. The smallest absolute Gasteiger partial charge is 0.223 e. The molecular formula is C7H10BrN3O. The second-order valence-corrected chi connectivity index (χ2v) is 3.41. The summed E-state index contributed by atoms with van der Waals surface area (Å²) in [7, 11) is 1.79. The van der Waals surface area contributed by atoms with Crippen LogP contribution in [0.15, 0.2) is 4.47 Å². The van der Waals surface area contributed by atoms with Gasteiger partial charge >= 0.3 is 0 Å². The van der Waals surface area contributed by atoms with Crippen molar-refractivity contribution < 1.29 is 4.79 Å². The van der Waals surface area contributed by atoms with E-state index in [2.05, 4.69) is 21.0 Å². The summed E-state index contributed by atoms with van der Waals surface area (Å²) >= 11 is 3.34. The summed E-state index contributed by atoms with van der Waals surface area (Å²) in [5.41, 5.74) is 6.76. The van der Waals surface area contributed by atoms with Gasteiger partial charge in [-0.3, -0.25) is 9.48 Å². The standard InChI is InChI=1S/C7H10BrN3O/c1-4-7(8)5(3-6(9)12)11(2)10-4/h3H2,1-2H3,(H2,9,12). The Balaban J connectivity index is 3.05. The van der Waals surface area contributed by atoms with Gasteiger partial charge in [-0.1, -0.05) is 0 Å². The number of hydrogen-bond donors (Lipinski definition) is 1. The number of nitrogens with two attached hydrogens (primary N) is 1. The molecule has 1 rings (SSSR count). The molecule has 66 valence electrons. The third-order valence-corrected chi connectivity index (χ3v) is 2.63. The molecule has 1 amide bonds. The quantitative estimate of drug-likeness (QED) is 0.807. The Labute approximate surface area is 78.9 Å². The molecule has 5 heteroatoms. The van der Waals surface area contributed by atoms with Crippen molar-refractivity contribution in [3.05, 3.63) is 15.9 Å². The normalized spacial score (nSPS) is 10.2. The van der Waals surface area contributed by atoms with Crippen molar-refractivity contribution >= 4 is 21.8 Å². The highest BCUT2D eigenvalue weighted by molar-refractivity contribution is 9.10. The number of hydrogen-bond acceptors (Lipinski definition) is 2. The van der Waals surface area contributed by atoms with Gasteiger partial charge in [0.05, 0.1) is 22.3 Å². The van der Waals surface area contributed by atoms with Crippen LogP contribution in [0.4, 0.5) is 0 Å². The lowest BCUT2D eigenvalue weighted by molar-refractivity contribution is -0.117. The molecule has 1 heterocycles. The minimum atomic E-state index is -0.348. The summed E-state index contributed by atoms with van der Waals surface area (Å²) < 4.78 is 2.52. The monoisotopic (exact) mass is 231 g/mol. The van der Waals surface area contributed by atoms with Crippen molar-refractivity contribution in [1.82, 2.24) is 9.78 Å². The Morgan fingerprint density at radius 1 is 1.75 bits per heavy atom. The van der Waals surface area contributed by atoms with Crippen molar-refractivity contribution in [2.45, 2.75) is 13.3 Å². The predicted octanol–water partition coefficient (Wildman–Crippen LogP) is 0.519. The summed E-state index contributed by atoms with van der Waals surface area (Å²) in [5, 5.41) is 4.13. The molecule has 0 unspecified atom stereocenters. The number of aryl methyl sites for hydroxylation is 2. The Morgan fingerprint density at radius 3 is 2.67 bits per heavy atom. The van der Waals surface area contributed by atoms with Gasteiger partial charge in [-0.2, -0.15) is 5.10 Å². The van der Waals surface area contributed by atoms with Gasteiger partial charge in [-0.15, -0.1) is 0 Å². The number of nitrogens with zero attached hydrogens (tertiary/aromatic N) is 2. The molecule has 1 aromatic rings. The molecule has 1 aromatic heterocycles. The first-order valence-corrected chi connectivity index (χ1v) is 4.28. The number of carbonyl (C=O) groups excluding carboxylic acids is 1. The van der Waals surface area contributed by atoms with E-state index in [0.717, 1.165) is 15.9 Å². The van der Waals surface area contributed by atoms with Crippen molar-refractivity contribution in [2.75, 3.05) is 0 Å². The zero-order chi connectivity index (χ0) is 9.30. The van der Waals surface area contributed by atoms with Gasteiger partial charge in [0.25, 0.3) is 0 Å². The SMILES string of the molecule is Cc1nn(C)c(CC(N)=O)c1Br. The van der Waals surface area contributed by atoms with E-state index in [9.17, 15) is 4.79 Å². The maximum absolute atomic E-state index is 10.6. The van der Waals surface area contributed by atoms with Gasteiger partial charge in [-0.25, -0.2) is 0 Å². The van der Waals surface area contributed by atoms with Gasteiger partial charge in [-0.05, 0) is 22.9 Å². The van der Waals surface area contributed by atoms with E-state index in [1.807, 2.05) is 6.92 Å². The summed E-state index contributed by atoms with van der Waals surface area (Å²) in [5.74, 6) is -0.348. The number of halogens is 1. The fraction of sp³-hybridized carbons (Fsp3) is 0.429. The number of aromatic nitrogens is 2. The average Bonchev–Trinajstić information content (AvgIpc) is 2.16. The van der Waals surface area contributed by atoms with Crippen LogP contribution in [0.5, 0.6) is 0 Å². The van der Waals surface area contributed by atoms with Crippen molar-refractivity contribution in [2.24, 2.45) is 12.8 Å². The maximum Gasteiger partial charge on any atom is 0.223 e. The van der Waals surface area contributed by atoms with Crippen LogP contribution in [0.3, 0.4) is 0 Å². The first-order chi connectivity index (χ1) is 5.52. The van der Waals surface area contributed by atoms with Crippen LogP contribution in [0, 0.1) is 6.92 Å². The average molecular weight is 232 g/mol. The Bertz CT molecular complexity index is 319. The van der Waals surface area contributed by atoms with Gasteiger partial charge < -0.3 is 5.73 Å². The molecule has 2 N–H and O–H groups in total. The maximum atomic E-state index is 10.6. The Hall–Kier alpha value is -0.840. The number of rotatable bonds is 2. The molecule has 0 spiro atoms. The molecule has 0 bridgehead atoms. The first kappa shape index (κ1) is 9.25. The largest absolute Gasteiger partial charge is 0.369 e. The van der Waals surface area contributed by atoms with Gasteiger partial charge in [0.15, 0.2) is 0 Å². The third kappa shape index (κ3) is 1.66. The zero-order valence-electron chi connectivity index (χ0n) is 6.97. The van der Waals surface area contributed by atoms with Crippen LogP contribution in [0.2, 0.25) is 0 Å². The van der Waals surface area contributed by atoms with Crippen molar-refractivity contribution in [3.63, 3.8) is 0 Å². The lowest BCUT2D eigenvalue weighted by Gasteiger charge is -1.97. The van der Waals surface area contributed by atoms with Crippen LogP contribution in [0.25, 0.3) is 0 Å². The van der Waals surface area contributed by atoms with Crippen LogP contribution in [-0.4, -0.2) is 15.7 Å². The van der Waals surface area contributed by atoms with Crippen LogP contribution in [-0.2, 0) is 18.3 Å². The molecule has 4 nitrogen and oxygen atoms in total. The lowest BCUT2D eigenvalue weighted by atomic mass is 10.3.